The highest BCUT2D eigenvalue weighted by Crippen LogP contribution is 2.47. The van der Waals surface area contributed by atoms with E-state index in [2.05, 4.69) is 24.0 Å². The molecular formula is C28H39N3O6. The van der Waals surface area contributed by atoms with Gasteiger partial charge in [0.15, 0.2) is 17.6 Å². The molecular weight excluding hydrogens is 474 g/mol. The second-order valence-corrected chi connectivity index (χ2v) is 10.5. The smallest absolute Gasteiger partial charge is 0.253 e. The van der Waals surface area contributed by atoms with Crippen LogP contribution in [-0.2, 0) is 11.2 Å². The summed E-state index contributed by atoms with van der Waals surface area (Å²) in [5.74, 6) is 1.45. The van der Waals surface area contributed by atoms with Gasteiger partial charge in [0.05, 0.1) is 32.9 Å². The SMILES string of the molecule is CCc1ccc(N2CC(Oc3cc([C@@H]4CN(C(=O)[C@@H](O)CO)C[C@@]4(C)[C@@H](C)O)ccc3OC)C2)nc1C. The van der Waals surface area contributed by atoms with Crippen molar-refractivity contribution < 1.29 is 29.6 Å². The Kier molecular flexibility index (Phi) is 7.96. The number of aryl methyl sites for hydroxylation is 2. The number of amides is 1. The minimum atomic E-state index is -1.47. The number of methoxy groups -OCH3 is 1. The van der Waals surface area contributed by atoms with E-state index in [9.17, 15) is 20.1 Å². The first kappa shape index (κ1) is 27.2. The molecule has 0 bridgehead atoms. The molecule has 37 heavy (non-hydrogen) atoms. The molecule has 2 fully saturated rings. The fraction of sp³-hybridized carbons (Fsp3) is 0.571. The molecule has 2 aromatic rings. The number of carbonyl (C=O) groups is 1. The lowest BCUT2D eigenvalue weighted by Crippen LogP contribution is -2.54. The summed E-state index contributed by atoms with van der Waals surface area (Å²) in [6, 6.07) is 9.91. The zero-order valence-electron chi connectivity index (χ0n) is 22.3. The third kappa shape index (κ3) is 5.26. The Bertz CT molecular complexity index is 1120. The Morgan fingerprint density at radius 3 is 2.51 bits per heavy atom. The molecule has 4 rings (SSSR count). The number of anilines is 1. The van der Waals surface area contributed by atoms with Crippen molar-refractivity contribution in [2.24, 2.45) is 5.41 Å². The molecule has 0 aliphatic carbocycles. The van der Waals surface area contributed by atoms with Crippen LogP contribution in [-0.4, -0.2) is 89.3 Å². The Hall–Kier alpha value is -2.88. The maximum Gasteiger partial charge on any atom is 0.253 e. The summed E-state index contributed by atoms with van der Waals surface area (Å²) in [7, 11) is 1.60. The van der Waals surface area contributed by atoms with E-state index in [0.29, 0.717) is 31.1 Å². The Morgan fingerprint density at radius 2 is 1.92 bits per heavy atom. The predicted octanol–water partition coefficient (Wildman–Crippen LogP) is 1.89. The fourth-order valence-electron chi connectivity index (χ4n) is 5.39. The van der Waals surface area contributed by atoms with Gasteiger partial charge in [-0.1, -0.05) is 26.0 Å². The lowest BCUT2D eigenvalue weighted by atomic mass is 9.72. The Balaban J connectivity index is 1.51. The third-order valence-corrected chi connectivity index (χ3v) is 8.07. The van der Waals surface area contributed by atoms with Gasteiger partial charge in [-0.05, 0) is 49.6 Å². The van der Waals surface area contributed by atoms with Gasteiger partial charge in [-0.25, -0.2) is 4.98 Å². The zero-order chi connectivity index (χ0) is 26.9. The highest BCUT2D eigenvalue weighted by molar-refractivity contribution is 5.81. The number of nitrogens with zero attached hydrogens (tertiary/aromatic N) is 3. The summed E-state index contributed by atoms with van der Waals surface area (Å²) in [5.41, 5.74) is 2.57. The van der Waals surface area contributed by atoms with Crippen molar-refractivity contribution in [2.75, 3.05) is 44.8 Å². The van der Waals surface area contributed by atoms with Crippen molar-refractivity contribution in [1.29, 1.82) is 0 Å². The van der Waals surface area contributed by atoms with Gasteiger partial charge in [0.2, 0.25) is 0 Å². The molecule has 2 aliphatic heterocycles. The van der Waals surface area contributed by atoms with Crippen molar-refractivity contribution in [3.8, 4) is 11.5 Å². The van der Waals surface area contributed by atoms with Crippen molar-refractivity contribution >= 4 is 11.7 Å². The van der Waals surface area contributed by atoms with Crippen molar-refractivity contribution in [3.63, 3.8) is 0 Å². The van der Waals surface area contributed by atoms with E-state index in [-0.39, 0.29) is 18.6 Å². The van der Waals surface area contributed by atoms with Crippen LogP contribution in [0.5, 0.6) is 11.5 Å². The molecule has 4 atom stereocenters. The monoisotopic (exact) mass is 513 g/mol. The van der Waals surface area contributed by atoms with E-state index in [1.807, 2.05) is 32.0 Å². The molecule has 1 aromatic heterocycles. The first-order chi connectivity index (χ1) is 17.6. The quantitative estimate of drug-likeness (QED) is 0.466. The van der Waals surface area contributed by atoms with Gasteiger partial charge >= 0.3 is 0 Å². The first-order valence-corrected chi connectivity index (χ1v) is 12.9. The summed E-state index contributed by atoms with van der Waals surface area (Å²) >= 11 is 0. The molecule has 3 N–H and O–H groups in total. The molecule has 0 saturated carbocycles. The summed E-state index contributed by atoms with van der Waals surface area (Å²) in [6.07, 6.45) is -1.24. The fourth-order valence-corrected chi connectivity index (χ4v) is 5.39. The van der Waals surface area contributed by atoms with Crippen LogP contribution in [0, 0.1) is 12.3 Å². The number of ether oxygens (including phenoxy) is 2. The number of carbonyl (C=O) groups excluding carboxylic acids is 1. The number of hydrogen-bond acceptors (Lipinski definition) is 8. The average Bonchev–Trinajstić information content (AvgIpc) is 3.23. The van der Waals surface area contributed by atoms with Gasteiger partial charge in [-0.2, -0.15) is 0 Å². The number of benzene rings is 1. The number of aliphatic hydroxyl groups is 3. The molecule has 9 heteroatoms. The molecule has 2 aliphatic rings. The molecule has 2 saturated heterocycles. The molecule has 0 radical (unpaired) electrons. The molecule has 0 spiro atoms. The van der Waals surface area contributed by atoms with E-state index in [1.165, 1.54) is 10.5 Å². The Morgan fingerprint density at radius 1 is 1.19 bits per heavy atom. The van der Waals surface area contributed by atoms with Crippen LogP contribution in [0.25, 0.3) is 0 Å². The van der Waals surface area contributed by atoms with Gasteiger partial charge < -0.3 is 34.6 Å². The lowest BCUT2D eigenvalue weighted by molar-refractivity contribution is -0.141. The minimum absolute atomic E-state index is 0.0263. The van der Waals surface area contributed by atoms with E-state index < -0.39 is 30.1 Å². The third-order valence-electron chi connectivity index (χ3n) is 8.07. The first-order valence-electron chi connectivity index (χ1n) is 12.9. The van der Waals surface area contributed by atoms with Crippen LogP contribution in [0.2, 0.25) is 0 Å². The predicted molar refractivity (Wildman–Crippen MR) is 140 cm³/mol. The molecule has 1 amide bonds. The maximum atomic E-state index is 12.6. The van der Waals surface area contributed by atoms with Crippen molar-refractivity contribution in [1.82, 2.24) is 9.88 Å². The highest BCUT2D eigenvalue weighted by atomic mass is 16.5. The van der Waals surface area contributed by atoms with E-state index in [4.69, 9.17) is 14.5 Å². The lowest BCUT2D eigenvalue weighted by Gasteiger charge is -2.40. The summed E-state index contributed by atoms with van der Waals surface area (Å²) < 4.78 is 11.9. The largest absolute Gasteiger partial charge is 0.493 e. The highest BCUT2D eigenvalue weighted by Gasteiger charge is 2.49. The van der Waals surface area contributed by atoms with Crippen LogP contribution in [0.15, 0.2) is 30.3 Å². The van der Waals surface area contributed by atoms with Gasteiger partial charge in [0.25, 0.3) is 5.91 Å². The number of hydrogen-bond donors (Lipinski definition) is 3. The number of aromatic nitrogens is 1. The van der Waals surface area contributed by atoms with E-state index in [0.717, 1.165) is 23.5 Å². The van der Waals surface area contributed by atoms with Crippen molar-refractivity contribution in [3.05, 3.63) is 47.2 Å². The number of likely N-dealkylation sites (tertiary alicyclic amines) is 1. The van der Waals surface area contributed by atoms with Crippen LogP contribution in [0.4, 0.5) is 5.82 Å². The molecule has 9 nitrogen and oxygen atoms in total. The van der Waals surface area contributed by atoms with Crippen molar-refractivity contribution in [2.45, 2.75) is 58.3 Å². The number of aliphatic hydroxyl groups excluding tert-OH is 3. The van der Waals surface area contributed by atoms with E-state index in [1.54, 1.807) is 14.0 Å². The van der Waals surface area contributed by atoms with Crippen LogP contribution in [0.3, 0.4) is 0 Å². The molecule has 0 unspecified atom stereocenters. The molecule has 1 aromatic carbocycles. The minimum Gasteiger partial charge on any atom is -0.493 e. The van der Waals surface area contributed by atoms with Gasteiger partial charge in [0.1, 0.15) is 11.9 Å². The van der Waals surface area contributed by atoms with Crippen LogP contribution >= 0.6 is 0 Å². The molecule has 3 heterocycles. The maximum absolute atomic E-state index is 12.6. The second kappa shape index (κ2) is 10.8. The van der Waals surface area contributed by atoms with E-state index >= 15 is 0 Å². The zero-order valence-corrected chi connectivity index (χ0v) is 22.3. The second-order valence-electron chi connectivity index (χ2n) is 10.5. The van der Waals surface area contributed by atoms with Gasteiger partial charge in [-0.3, -0.25) is 4.79 Å². The number of rotatable bonds is 9. The average molecular weight is 514 g/mol. The van der Waals surface area contributed by atoms with Gasteiger partial charge in [0, 0.05) is 30.1 Å². The van der Waals surface area contributed by atoms with Crippen LogP contribution < -0.4 is 14.4 Å². The standard InChI is InChI=1S/C28H39N3O6/c1-6-19-8-10-26(29-17(19)2)30-12-21(13-30)37-25-11-20(7-9-24(25)36-5)22-14-31(27(35)23(34)15-32)16-28(22,4)18(3)33/h7-11,18,21-23,32-34H,6,12-16H2,1-5H3/t18-,22+,23+,28+/m1/s1. The normalized spacial score (nSPS) is 23.5. The Labute approximate surface area is 218 Å². The van der Waals surface area contributed by atoms with Gasteiger partial charge in [-0.15, -0.1) is 0 Å². The summed E-state index contributed by atoms with van der Waals surface area (Å²) in [6.45, 7) is 9.19. The topological polar surface area (TPSA) is 116 Å². The number of pyridine rings is 1. The summed E-state index contributed by atoms with van der Waals surface area (Å²) in [4.78, 5) is 21.0. The van der Waals surface area contributed by atoms with Crippen LogP contribution in [0.1, 0.15) is 43.5 Å². The molecule has 202 valence electrons. The summed E-state index contributed by atoms with van der Waals surface area (Å²) in [5, 5.41) is 29.8.